The number of aromatic nitrogens is 4. The Labute approximate surface area is 147 Å². The van der Waals surface area contributed by atoms with Crippen LogP contribution in [0.1, 0.15) is 68.7 Å². The van der Waals surface area contributed by atoms with E-state index < -0.39 is 0 Å². The van der Waals surface area contributed by atoms with E-state index >= 15 is 0 Å². The van der Waals surface area contributed by atoms with Crippen molar-refractivity contribution in [3.63, 3.8) is 0 Å². The second-order valence-electron chi connectivity index (χ2n) is 7.57. The highest BCUT2D eigenvalue weighted by Gasteiger charge is 2.34. The summed E-state index contributed by atoms with van der Waals surface area (Å²) in [6.07, 6.45) is 3.38. The van der Waals surface area contributed by atoms with Crippen LogP contribution in [-0.2, 0) is 10.3 Å². The quantitative estimate of drug-likeness (QED) is 0.847. The molecule has 1 aliphatic rings. The van der Waals surface area contributed by atoms with Crippen LogP contribution in [0.25, 0.3) is 0 Å². The molecule has 2 aromatic heterocycles. The minimum absolute atomic E-state index is 0.104. The van der Waals surface area contributed by atoms with Crippen molar-refractivity contribution in [1.29, 1.82) is 0 Å². The Morgan fingerprint density at radius 3 is 2.68 bits per heavy atom. The summed E-state index contributed by atoms with van der Waals surface area (Å²) >= 11 is 0. The number of ether oxygens (including phenoxy) is 1. The van der Waals surface area contributed by atoms with Crippen LogP contribution in [0.4, 0.5) is 0 Å². The van der Waals surface area contributed by atoms with E-state index in [9.17, 15) is 4.79 Å². The Morgan fingerprint density at radius 1 is 1.32 bits per heavy atom. The van der Waals surface area contributed by atoms with Gasteiger partial charge in [-0.05, 0) is 20.8 Å². The summed E-state index contributed by atoms with van der Waals surface area (Å²) in [5, 5.41) is 12.5. The molecular weight excluding hydrogens is 322 g/mol. The Bertz CT molecular complexity index is 744. The van der Waals surface area contributed by atoms with Gasteiger partial charge in [0.15, 0.2) is 0 Å². The second kappa shape index (κ2) is 6.59. The zero-order valence-electron chi connectivity index (χ0n) is 15.4. The van der Waals surface area contributed by atoms with E-state index in [1.807, 2.05) is 34.6 Å². The molecule has 0 aromatic carbocycles. The largest absolute Gasteiger partial charge is 0.423 e. The Balaban J connectivity index is 1.85. The van der Waals surface area contributed by atoms with Gasteiger partial charge < -0.3 is 14.1 Å². The van der Waals surface area contributed by atoms with E-state index in [-0.39, 0.29) is 23.4 Å². The Morgan fingerprint density at radius 2 is 2.08 bits per heavy atom. The van der Waals surface area contributed by atoms with E-state index in [0.717, 1.165) is 0 Å². The molecular formula is C17H25N5O3. The molecule has 3 heterocycles. The molecule has 1 aliphatic heterocycles. The van der Waals surface area contributed by atoms with Crippen molar-refractivity contribution >= 4 is 5.91 Å². The zero-order valence-corrected chi connectivity index (χ0v) is 15.4. The van der Waals surface area contributed by atoms with Crippen LogP contribution in [0.2, 0.25) is 0 Å². The molecule has 0 bridgehead atoms. The molecule has 1 unspecified atom stereocenters. The Kier molecular flexibility index (Phi) is 4.64. The molecule has 136 valence electrons. The summed E-state index contributed by atoms with van der Waals surface area (Å²) in [5.74, 6) is 1.02. The molecule has 25 heavy (non-hydrogen) atoms. The number of hydrogen-bond acceptors (Lipinski definition) is 6. The molecule has 0 aliphatic carbocycles. The van der Waals surface area contributed by atoms with Gasteiger partial charge in [-0.3, -0.25) is 9.48 Å². The van der Waals surface area contributed by atoms with Gasteiger partial charge in [0, 0.05) is 18.7 Å². The van der Waals surface area contributed by atoms with Gasteiger partial charge in [-0.25, -0.2) is 0 Å². The van der Waals surface area contributed by atoms with Crippen molar-refractivity contribution in [2.75, 3.05) is 19.8 Å². The highest BCUT2D eigenvalue weighted by atomic mass is 16.5. The lowest BCUT2D eigenvalue weighted by Crippen LogP contribution is -2.43. The molecule has 2 aromatic rings. The lowest BCUT2D eigenvalue weighted by molar-refractivity contribution is -0.0107. The van der Waals surface area contributed by atoms with E-state index in [1.54, 1.807) is 22.0 Å². The molecule has 0 radical (unpaired) electrons. The van der Waals surface area contributed by atoms with Crippen LogP contribution < -0.4 is 0 Å². The second-order valence-corrected chi connectivity index (χ2v) is 7.57. The fraction of sp³-hybridized carbons (Fsp3) is 0.647. The molecule has 3 rings (SSSR count). The lowest BCUT2D eigenvalue weighted by Gasteiger charge is -2.33. The van der Waals surface area contributed by atoms with Gasteiger partial charge in [0.25, 0.3) is 5.91 Å². The van der Waals surface area contributed by atoms with Crippen LogP contribution in [-0.4, -0.2) is 50.5 Å². The van der Waals surface area contributed by atoms with Crippen LogP contribution >= 0.6 is 0 Å². The minimum Gasteiger partial charge on any atom is -0.423 e. The normalized spacial score (nSPS) is 18.8. The standard InChI is InChI=1S/C17H25N5O3/c1-11(2)14-19-20-15(25-14)13-10-24-7-6-21(13)16(23)12-8-18-22(9-12)17(3,4)5/h8-9,11,13H,6-7,10H2,1-5H3. The van der Waals surface area contributed by atoms with Crippen LogP contribution in [0.5, 0.6) is 0 Å². The fourth-order valence-corrected chi connectivity index (χ4v) is 2.63. The number of carbonyl (C=O) groups excluding carboxylic acids is 1. The van der Waals surface area contributed by atoms with Gasteiger partial charge in [0.1, 0.15) is 6.04 Å². The average Bonchev–Trinajstić information content (AvgIpc) is 3.23. The van der Waals surface area contributed by atoms with Crippen LogP contribution in [0, 0.1) is 0 Å². The molecule has 0 N–H and O–H groups in total. The van der Waals surface area contributed by atoms with Crippen LogP contribution in [0.3, 0.4) is 0 Å². The van der Waals surface area contributed by atoms with Crippen molar-refractivity contribution in [3.8, 4) is 0 Å². The third-order valence-electron chi connectivity index (χ3n) is 4.14. The molecule has 1 atom stereocenters. The number of nitrogens with zero attached hydrogens (tertiary/aromatic N) is 5. The molecule has 0 spiro atoms. The maximum atomic E-state index is 13.0. The molecule has 8 nitrogen and oxygen atoms in total. The Hall–Kier alpha value is -2.22. The summed E-state index contributed by atoms with van der Waals surface area (Å²) in [7, 11) is 0. The average molecular weight is 347 g/mol. The number of morpholine rings is 1. The predicted molar refractivity (Wildman–Crippen MR) is 90.2 cm³/mol. The van der Waals surface area contributed by atoms with Gasteiger partial charge >= 0.3 is 0 Å². The number of hydrogen-bond donors (Lipinski definition) is 0. The van der Waals surface area contributed by atoms with Crippen molar-refractivity contribution < 1.29 is 13.9 Å². The molecule has 1 amide bonds. The van der Waals surface area contributed by atoms with Crippen LogP contribution in [0.15, 0.2) is 16.8 Å². The van der Waals surface area contributed by atoms with Gasteiger partial charge in [-0.2, -0.15) is 5.10 Å². The van der Waals surface area contributed by atoms with Gasteiger partial charge in [0.05, 0.1) is 30.5 Å². The summed E-state index contributed by atoms with van der Waals surface area (Å²) in [6.45, 7) is 11.4. The monoisotopic (exact) mass is 347 g/mol. The van der Waals surface area contributed by atoms with Gasteiger partial charge in [-0.1, -0.05) is 13.8 Å². The van der Waals surface area contributed by atoms with E-state index in [2.05, 4.69) is 15.3 Å². The van der Waals surface area contributed by atoms with Gasteiger partial charge in [0.2, 0.25) is 11.8 Å². The van der Waals surface area contributed by atoms with Crippen molar-refractivity contribution in [2.24, 2.45) is 0 Å². The lowest BCUT2D eigenvalue weighted by atomic mass is 10.1. The third kappa shape index (κ3) is 3.58. The van der Waals surface area contributed by atoms with Crippen molar-refractivity contribution in [2.45, 2.75) is 52.1 Å². The number of carbonyl (C=O) groups is 1. The van der Waals surface area contributed by atoms with E-state index in [4.69, 9.17) is 9.15 Å². The van der Waals surface area contributed by atoms with E-state index in [1.165, 1.54) is 0 Å². The summed E-state index contributed by atoms with van der Waals surface area (Å²) in [5.41, 5.74) is 0.368. The topological polar surface area (TPSA) is 86.3 Å². The van der Waals surface area contributed by atoms with Crippen molar-refractivity contribution in [3.05, 3.63) is 29.7 Å². The minimum atomic E-state index is -0.376. The zero-order chi connectivity index (χ0) is 18.2. The van der Waals surface area contributed by atoms with Crippen molar-refractivity contribution in [1.82, 2.24) is 24.9 Å². The first-order valence-electron chi connectivity index (χ1n) is 8.54. The first-order chi connectivity index (χ1) is 11.8. The molecule has 0 saturated carbocycles. The predicted octanol–water partition coefficient (Wildman–Crippen LogP) is 2.36. The summed E-state index contributed by atoms with van der Waals surface area (Å²) in [6, 6.07) is -0.376. The highest BCUT2D eigenvalue weighted by Crippen LogP contribution is 2.27. The number of rotatable bonds is 3. The number of amides is 1. The third-order valence-corrected chi connectivity index (χ3v) is 4.14. The summed E-state index contributed by atoms with van der Waals surface area (Å²) in [4.78, 5) is 14.7. The molecule has 1 saturated heterocycles. The summed E-state index contributed by atoms with van der Waals surface area (Å²) < 4.78 is 13.1. The van der Waals surface area contributed by atoms with E-state index in [0.29, 0.717) is 37.1 Å². The first kappa shape index (κ1) is 17.6. The first-order valence-corrected chi connectivity index (χ1v) is 8.54. The molecule has 8 heteroatoms. The molecule has 1 fully saturated rings. The highest BCUT2D eigenvalue weighted by molar-refractivity contribution is 5.94. The van der Waals surface area contributed by atoms with Gasteiger partial charge in [-0.15, -0.1) is 10.2 Å². The maximum absolute atomic E-state index is 13.0. The smallest absolute Gasteiger partial charge is 0.257 e. The maximum Gasteiger partial charge on any atom is 0.257 e. The fourth-order valence-electron chi connectivity index (χ4n) is 2.63. The SMILES string of the molecule is CC(C)c1nnc(C2COCCN2C(=O)c2cnn(C(C)(C)C)c2)o1.